The maximum Gasteiger partial charge on any atom is 0.219 e. The molecule has 0 amide bonds. The number of piperidine rings is 1. The Balaban J connectivity index is 1.32. The number of methoxy groups -OCH3 is 1. The quantitative estimate of drug-likeness (QED) is 0.534. The van der Waals surface area contributed by atoms with E-state index in [4.69, 9.17) is 27.9 Å². The van der Waals surface area contributed by atoms with Gasteiger partial charge in [-0.25, -0.2) is 4.98 Å². The molecule has 2 bridgehead atoms. The van der Waals surface area contributed by atoms with Crippen molar-refractivity contribution < 1.29 is 9.84 Å². The number of pyridine rings is 1. The lowest BCUT2D eigenvalue weighted by atomic mass is 9.74. The Hall–Kier alpha value is -2.11. The Morgan fingerprint density at radius 1 is 1.00 bits per heavy atom. The summed E-state index contributed by atoms with van der Waals surface area (Å²) in [5.41, 5.74) is 5.19. The highest BCUT2D eigenvalue weighted by Gasteiger charge is 2.54. The maximum absolute atomic E-state index is 11.5. The average Bonchev–Trinajstić information content (AvgIpc) is 3.31. The Morgan fingerprint density at radius 3 is 2.24 bits per heavy atom. The van der Waals surface area contributed by atoms with E-state index in [1.54, 1.807) is 13.3 Å². The number of likely N-dealkylation sites (tertiary alicyclic amines) is 1. The van der Waals surface area contributed by atoms with Gasteiger partial charge in [-0.15, -0.1) is 0 Å². The van der Waals surface area contributed by atoms with Gasteiger partial charge in [-0.3, -0.25) is 0 Å². The third kappa shape index (κ3) is 3.23. The van der Waals surface area contributed by atoms with Crippen molar-refractivity contribution in [1.82, 2.24) is 9.88 Å². The fourth-order valence-electron chi connectivity index (χ4n) is 6.47. The van der Waals surface area contributed by atoms with Gasteiger partial charge in [0.25, 0.3) is 0 Å². The highest BCUT2D eigenvalue weighted by Crippen LogP contribution is 2.61. The summed E-state index contributed by atoms with van der Waals surface area (Å²) in [7, 11) is 1.60. The number of aliphatic hydroxyl groups is 1. The molecule has 1 fully saturated rings. The molecule has 2 aromatic carbocycles. The second-order valence-electron chi connectivity index (χ2n) is 9.67. The van der Waals surface area contributed by atoms with Crippen LogP contribution in [0.2, 0.25) is 10.0 Å². The lowest BCUT2D eigenvalue weighted by Crippen LogP contribution is -2.48. The van der Waals surface area contributed by atoms with E-state index < -0.39 is 5.60 Å². The molecule has 33 heavy (non-hydrogen) atoms. The van der Waals surface area contributed by atoms with Crippen LogP contribution in [0.5, 0.6) is 5.88 Å². The first-order chi connectivity index (χ1) is 15.9. The topological polar surface area (TPSA) is 45.6 Å². The molecule has 1 aromatic heterocycles. The van der Waals surface area contributed by atoms with Gasteiger partial charge in [0.2, 0.25) is 5.88 Å². The number of hydrogen-bond donors (Lipinski definition) is 1. The predicted molar refractivity (Wildman–Crippen MR) is 131 cm³/mol. The highest BCUT2D eigenvalue weighted by molar-refractivity contribution is 6.31. The van der Waals surface area contributed by atoms with Gasteiger partial charge in [-0.1, -0.05) is 35.3 Å². The van der Waals surface area contributed by atoms with Gasteiger partial charge in [-0.2, -0.15) is 0 Å². The largest absolute Gasteiger partial charge is 0.481 e. The van der Waals surface area contributed by atoms with Crippen molar-refractivity contribution in [2.24, 2.45) is 0 Å². The molecule has 2 heterocycles. The van der Waals surface area contributed by atoms with E-state index in [-0.39, 0.29) is 5.41 Å². The number of halogens is 2. The molecule has 0 radical (unpaired) electrons. The minimum atomic E-state index is -0.926. The Kier molecular flexibility index (Phi) is 5.00. The summed E-state index contributed by atoms with van der Waals surface area (Å²) in [5, 5.41) is 13.0. The zero-order chi connectivity index (χ0) is 22.8. The van der Waals surface area contributed by atoms with Gasteiger partial charge < -0.3 is 14.7 Å². The first-order valence-corrected chi connectivity index (χ1v) is 12.2. The van der Waals surface area contributed by atoms with Crippen LogP contribution in [0.4, 0.5) is 0 Å². The molecule has 0 atom stereocenters. The summed E-state index contributed by atoms with van der Waals surface area (Å²) in [4.78, 5) is 6.78. The van der Waals surface area contributed by atoms with Gasteiger partial charge in [0.15, 0.2) is 0 Å². The minimum Gasteiger partial charge on any atom is -0.481 e. The molecule has 0 saturated carbocycles. The van der Waals surface area contributed by atoms with Gasteiger partial charge in [-0.05, 0) is 77.9 Å². The second-order valence-corrected chi connectivity index (χ2v) is 10.5. The number of nitrogens with zero attached hydrogens (tertiary/aromatic N) is 2. The first-order valence-electron chi connectivity index (χ1n) is 11.5. The molecule has 0 spiro atoms. The molecule has 170 valence electrons. The van der Waals surface area contributed by atoms with Gasteiger partial charge in [0.05, 0.1) is 12.7 Å². The first kappa shape index (κ1) is 21.4. The van der Waals surface area contributed by atoms with E-state index in [1.165, 1.54) is 22.3 Å². The van der Waals surface area contributed by atoms with E-state index in [9.17, 15) is 5.11 Å². The molecule has 2 aliphatic carbocycles. The van der Waals surface area contributed by atoms with Crippen LogP contribution in [0.25, 0.3) is 0 Å². The molecule has 6 rings (SSSR count). The molecule has 1 saturated heterocycles. The monoisotopic (exact) mass is 480 g/mol. The molecular formula is C27H26Cl2N2O2. The van der Waals surface area contributed by atoms with Crippen LogP contribution in [0, 0.1) is 0 Å². The van der Waals surface area contributed by atoms with Crippen LogP contribution in [-0.2, 0) is 11.0 Å². The van der Waals surface area contributed by atoms with Crippen LogP contribution < -0.4 is 4.74 Å². The third-order valence-corrected chi connectivity index (χ3v) is 8.48. The van der Waals surface area contributed by atoms with Crippen molar-refractivity contribution in [2.75, 3.05) is 26.7 Å². The van der Waals surface area contributed by atoms with Crippen molar-refractivity contribution >= 4 is 23.2 Å². The van der Waals surface area contributed by atoms with E-state index in [0.717, 1.165) is 41.7 Å². The smallest absolute Gasteiger partial charge is 0.219 e. The third-order valence-electron chi connectivity index (χ3n) is 8.01. The van der Waals surface area contributed by atoms with Crippen molar-refractivity contribution in [2.45, 2.75) is 36.2 Å². The summed E-state index contributed by atoms with van der Waals surface area (Å²) in [6, 6.07) is 16.5. The number of benzene rings is 2. The normalized spacial score (nSPS) is 25.0. The van der Waals surface area contributed by atoms with Crippen LogP contribution in [0.1, 0.15) is 53.0 Å². The summed E-state index contributed by atoms with van der Waals surface area (Å²) in [5.74, 6) is 0.902. The number of aromatic nitrogens is 1. The molecule has 0 unspecified atom stereocenters. The molecule has 1 N–H and O–H groups in total. The zero-order valence-corrected chi connectivity index (χ0v) is 20.0. The number of ether oxygens (including phenoxy) is 1. The standard InChI is InChI=1S/C27H26Cl2N2O2/c1-33-25-22(3-2-10-30-25)27(32)8-11-31(12-9-27)16-26-15-21(19-6-4-17(28)13-23(19)26)20-7-5-18(29)14-24(20)26/h2-7,10,13-14,21,32H,8-9,11-12,15-16H2,1H3. The number of fused-ring (bicyclic) bond motifs is 8. The van der Waals surface area contributed by atoms with E-state index >= 15 is 0 Å². The van der Waals surface area contributed by atoms with Crippen LogP contribution in [0.3, 0.4) is 0 Å². The fraction of sp³-hybridized carbons (Fsp3) is 0.370. The Labute approximate surface area is 204 Å². The predicted octanol–water partition coefficient (Wildman–Crippen LogP) is 5.52. The lowest BCUT2D eigenvalue weighted by Gasteiger charge is -2.43. The maximum atomic E-state index is 11.5. The number of rotatable bonds is 4. The van der Waals surface area contributed by atoms with Gasteiger partial charge >= 0.3 is 0 Å². The highest BCUT2D eigenvalue weighted by atomic mass is 35.5. The minimum absolute atomic E-state index is 0.118. The molecule has 1 aliphatic heterocycles. The molecule has 6 heteroatoms. The SMILES string of the molecule is COc1ncccc1C1(O)CCN(CC23CC(c4ccc(Cl)cc42)c2ccc(Cl)cc23)CC1. The van der Waals surface area contributed by atoms with Crippen LogP contribution in [0.15, 0.2) is 54.7 Å². The molecule has 3 aromatic rings. The summed E-state index contributed by atoms with van der Waals surface area (Å²) >= 11 is 12.9. The molecule has 3 aliphatic rings. The summed E-state index contributed by atoms with van der Waals surface area (Å²) in [6.07, 6.45) is 4.02. The van der Waals surface area contributed by atoms with E-state index in [0.29, 0.717) is 24.6 Å². The fourth-order valence-corrected chi connectivity index (χ4v) is 6.81. The van der Waals surface area contributed by atoms with Crippen molar-refractivity contribution in [1.29, 1.82) is 0 Å². The molecular weight excluding hydrogens is 455 g/mol. The van der Waals surface area contributed by atoms with Crippen molar-refractivity contribution in [3.8, 4) is 5.88 Å². The average molecular weight is 481 g/mol. The number of hydrogen-bond acceptors (Lipinski definition) is 4. The van der Waals surface area contributed by atoms with E-state index in [1.807, 2.05) is 24.3 Å². The summed E-state index contributed by atoms with van der Waals surface area (Å²) < 4.78 is 5.43. The van der Waals surface area contributed by atoms with Crippen molar-refractivity contribution in [3.05, 3.63) is 92.6 Å². The lowest BCUT2D eigenvalue weighted by molar-refractivity contribution is -0.0308. The van der Waals surface area contributed by atoms with Crippen LogP contribution >= 0.6 is 23.2 Å². The van der Waals surface area contributed by atoms with Gasteiger partial charge in [0, 0.05) is 52.8 Å². The second kappa shape index (κ2) is 7.71. The Morgan fingerprint density at radius 2 is 1.64 bits per heavy atom. The van der Waals surface area contributed by atoms with Crippen LogP contribution in [-0.4, -0.2) is 41.7 Å². The van der Waals surface area contributed by atoms with Crippen molar-refractivity contribution in [3.63, 3.8) is 0 Å². The Bertz CT molecular complexity index is 1180. The molecule has 4 nitrogen and oxygen atoms in total. The van der Waals surface area contributed by atoms with E-state index in [2.05, 4.69) is 34.1 Å². The zero-order valence-electron chi connectivity index (χ0n) is 18.5. The summed E-state index contributed by atoms with van der Waals surface area (Å²) in [6.45, 7) is 2.49. The van der Waals surface area contributed by atoms with Gasteiger partial charge in [0.1, 0.15) is 0 Å².